The lowest BCUT2D eigenvalue weighted by molar-refractivity contribution is -0.274. The predicted molar refractivity (Wildman–Crippen MR) is 70.1 cm³/mol. The van der Waals surface area contributed by atoms with E-state index in [1.807, 2.05) is 6.07 Å². The third kappa shape index (κ3) is 3.63. The molecule has 0 spiro atoms. The number of anilines is 1. The third-order valence-electron chi connectivity index (χ3n) is 2.66. The first kappa shape index (κ1) is 14.7. The number of ether oxygens (including phenoxy) is 1. The van der Waals surface area contributed by atoms with Crippen molar-refractivity contribution in [2.45, 2.75) is 12.8 Å². The molecule has 0 bridgehead atoms. The van der Waals surface area contributed by atoms with E-state index in [2.05, 4.69) is 9.72 Å². The summed E-state index contributed by atoms with van der Waals surface area (Å²) in [6.07, 6.45) is -3.31. The largest absolute Gasteiger partial charge is 0.573 e. The summed E-state index contributed by atoms with van der Waals surface area (Å²) in [5, 5.41) is 8.68. The van der Waals surface area contributed by atoms with Gasteiger partial charge in [0.25, 0.3) is 0 Å². The molecule has 1 heterocycles. The minimum absolute atomic E-state index is 0.0647. The highest BCUT2D eigenvalue weighted by molar-refractivity contribution is 5.78. The van der Waals surface area contributed by atoms with Gasteiger partial charge in [0, 0.05) is 17.3 Å². The summed E-state index contributed by atoms with van der Waals surface area (Å²) in [7, 11) is 0. The van der Waals surface area contributed by atoms with Crippen LogP contribution in [0.15, 0.2) is 36.5 Å². The highest BCUT2D eigenvalue weighted by atomic mass is 19.4. The van der Waals surface area contributed by atoms with Crippen LogP contribution in [-0.4, -0.2) is 11.3 Å². The van der Waals surface area contributed by atoms with Gasteiger partial charge in [-0.1, -0.05) is 18.2 Å². The van der Waals surface area contributed by atoms with E-state index in [0.717, 1.165) is 0 Å². The Hall–Kier alpha value is -2.75. The molecular formula is C14H10F3N3O. The van der Waals surface area contributed by atoms with Gasteiger partial charge in [-0.3, -0.25) is 0 Å². The second-order valence-corrected chi connectivity index (χ2v) is 4.16. The van der Waals surface area contributed by atoms with Gasteiger partial charge >= 0.3 is 6.36 Å². The van der Waals surface area contributed by atoms with Crippen molar-refractivity contribution in [2.75, 3.05) is 5.73 Å². The summed E-state index contributed by atoms with van der Waals surface area (Å²) in [5.41, 5.74) is 6.74. The first-order valence-electron chi connectivity index (χ1n) is 5.87. The molecule has 2 N–H and O–H groups in total. The van der Waals surface area contributed by atoms with Gasteiger partial charge in [-0.25, -0.2) is 4.98 Å². The molecule has 0 radical (unpaired) electrons. The number of nitrogens with two attached hydrogens (primary N) is 1. The van der Waals surface area contributed by atoms with Crippen LogP contribution in [0.3, 0.4) is 0 Å². The van der Waals surface area contributed by atoms with Gasteiger partial charge in [-0.05, 0) is 17.7 Å². The highest BCUT2D eigenvalue weighted by Crippen LogP contribution is 2.36. The maximum absolute atomic E-state index is 12.4. The van der Waals surface area contributed by atoms with Crippen molar-refractivity contribution < 1.29 is 17.9 Å². The number of aromatic nitrogens is 1. The van der Waals surface area contributed by atoms with E-state index < -0.39 is 6.36 Å². The molecule has 21 heavy (non-hydrogen) atoms. The quantitative estimate of drug-likeness (QED) is 0.942. The molecule has 0 atom stereocenters. The van der Waals surface area contributed by atoms with Crippen LogP contribution in [0.1, 0.15) is 5.56 Å². The fourth-order valence-electron chi connectivity index (χ4n) is 1.83. The number of hydrogen-bond acceptors (Lipinski definition) is 4. The highest BCUT2D eigenvalue weighted by Gasteiger charge is 2.32. The van der Waals surface area contributed by atoms with Crippen molar-refractivity contribution in [3.63, 3.8) is 0 Å². The van der Waals surface area contributed by atoms with E-state index in [4.69, 9.17) is 11.0 Å². The zero-order chi connectivity index (χ0) is 15.5. The minimum Gasteiger partial charge on any atom is -0.405 e. The summed E-state index contributed by atoms with van der Waals surface area (Å²) in [6, 6.07) is 9.11. The number of nitrogens with zero attached hydrogens (tertiary/aromatic N) is 2. The first-order chi connectivity index (χ1) is 9.90. The zero-order valence-corrected chi connectivity index (χ0v) is 10.7. The summed E-state index contributed by atoms with van der Waals surface area (Å²) in [6.45, 7) is 0. The summed E-state index contributed by atoms with van der Waals surface area (Å²) < 4.78 is 41.3. The fraction of sp³-hybridized carbons (Fsp3) is 0.143. The zero-order valence-electron chi connectivity index (χ0n) is 10.7. The molecule has 0 aliphatic carbocycles. The molecule has 7 heteroatoms. The van der Waals surface area contributed by atoms with Crippen LogP contribution in [-0.2, 0) is 6.42 Å². The second kappa shape index (κ2) is 5.71. The van der Waals surface area contributed by atoms with Gasteiger partial charge < -0.3 is 10.5 Å². The number of rotatable bonds is 3. The average molecular weight is 293 g/mol. The van der Waals surface area contributed by atoms with Crippen molar-refractivity contribution in [2.24, 2.45) is 0 Å². The molecule has 0 aliphatic heterocycles. The lowest BCUT2D eigenvalue weighted by Gasteiger charge is -2.14. The fourth-order valence-corrected chi connectivity index (χ4v) is 1.83. The Morgan fingerprint density at radius 1 is 1.24 bits per heavy atom. The van der Waals surface area contributed by atoms with Gasteiger partial charge in [0.05, 0.1) is 12.5 Å². The number of hydrogen-bond donors (Lipinski definition) is 1. The number of benzene rings is 1. The Labute approximate surface area is 118 Å². The van der Waals surface area contributed by atoms with Gasteiger partial charge in [0.1, 0.15) is 11.6 Å². The summed E-state index contributed by atoms with van der Waals surface area (Å²) >= 11 is 0. The topological polar surface area (TPSA) is 71.9 Å². The smallest absolute Gasteiger partial charge is 0.405 e. The average Bonchev–Trinajstić information content (AvgIpc) is 2.40. The Kier molecular flexibility index (Phi) is 3.98. The molecule has 0 amide bonds. The van der Waals surface area contributed by atoms with Gasteiger partial charge in [-0.2, -0.15) is 5.26 Å². The SMILES string of the molecule is N#CCc1cnc(N)c(-c2ccccc2OC(F)(F)F)c1. The molecule has 1 aromatic carbocycles. The van der Waals surface area contributed by atoms with E-state index in [-0.39, 0.29) is 23.6 Å². The van der Waals surface area contributed by atoms with Gasteiger partial charge in [0.15, 0.2) is 0 Å². The molecule has 4 nitrogen and oxygen atoms in total. The predicted octanol–water partition coefficient (Wildman–Crippen LogP) is 3.30. The van der Waals surface area contributed by atoms with Crippen molar-refractivity contribution >= 4 is 5.82 Å². The maximum Gasteiger partial charge on any atom is 0.573 e. The number of halogens is 3. The van der Waals surface area contributed by atoms with Crippen LogP contribution < -0.4 is 10.5 Å². The molecule has 0 saturated carbocycles. The number of pyridine rings is 1. The van der Waals surface area contributed by atoms with Crippen molar-refractivity contribution in [1.82, 2.24) is 4.98 Å². The van der Waals surface area contributed by atoms with Crippen molar-refractivity contribution in [1.29, 1.82) is 5.26 Å². The molecule has 0 saturated heterocycles. The molecule has 0 fully saturated rings. The Bertz CT molecular complexity index is 693. The lowest BCUT2D eigenvalue weighted by atomic mass is 10.0. The molecule has 2 rings (SSSR count). The van der Waals surface area contributed by atoms with Gasteiger partial charge in [-0.15, -0.1) is 13.2 Å². The maximum atomic E-state index is 12.4. The second-order valence-electron chi connectivity index (χ2n) is 4.16. The Morgan fingerprint density at radius 2 is 1.95 bits per heavy atom. The molecule has 0 unspecified atom stereocenters. The Morgan fingerprint density at radius 3 is 2.62 bits per heavy atom. The van der Waals surface area contributed by atoms with Crippen LogP contribution in [0, 0.1) is 11.3 Å². The summed E-state index contributed by atoms with van der Waals surface area (Å²) in [5.74, 6) is -0.303. The Balaban J connectivity index is 2.52. The number of alkyl halides is 3. The van der Waals surface area contributed by atoms with E-state index in [0.29, 0.717) is 11.1 Å². The van der Waals surface area contributed by atoms with E-state index in [1.165, 1.54) is 30.5 Å². The first-order valence-corrected chi connectivity index (χ1v) is 5.87. The molecular weight excluding hydrogens is 283 g/mol. The number of nitriles is 1. The monoisotopic (exact) mass is 293 g/mol. The molecule has 0 aliphatic rings. The van der Waals surface area contributed by atoms with Crippen LogP contribution in [0.2, 0.25) is 0 Å². The van der Waals surface area contributed by atoms with Crippen LogP contribution in [0.4, 0.5) is 19.0 Å². The minimum atomic E-state index is -4.80. The standard InChI is InChI=1S/C14H10F3N3O/c15-14(16,17)21-12-4-2-1-3-10(12)11-7-9(5-6-18)8-20-13(11)19/h1-4,7-8H,5H2,(H2,19,20). The van der Waals surface area contributed by atoms with E-state index in [1.54, 1.807) is 6.07 Å². The molecule has 1 aromatic heterocycles. The van der Waals surface area contributed by atoms with Crippen LogP contribution in [0.5, 0.6) is 5.75 Å². The van der Waals surface area contributed by atoms with Crippen LogP contribution in [0.25, 0.3) is 11.1 Å². The lowest BCUT2D eigenvalue weighted by Crippen LogP contribution is -2.17. The third-order valence-corrected chi connectivity index (χ3v) is 2.66. The van der Waals surface area contributed by atoms with E-state index in [9.17, 15) is 13.2 Å². The molecule has 108 valence electrons. The number of nitrogen functional groups attached to an aromatic ring is 1. The van der Waals surface area contributed by atoms with Crippen LogP contribution >= 0.6 is 0 Å². The normalized spacial score (nSPS) is 11.0. The molecule has 2 aromatic rings. The number of para-hydroxylation sites is 1. The summed E-state index contributed by atoms with van der Waals surface area (Å²) in [4.78, 5) is 3.90. The van der Waals surface area contributed by atoms with Gasteiger partial charge in [0.2, 0.25) is 0 Å². The van der Waals surface area contributed by atoms with E-state index >= 15 is 0 Å². The van der Waals surface area contributed by atoms with Crippen molar-refractivity contribution in [3.05, 3.63) is 42.1 Å². The van der Waals surface area contributed by atoms with Crippen molar-refractivity contribution in [3.8, 4) is 22.9 Å².